The van der Waals surface area contributed by atoms with Crippen LogP contribution in [-0.4, -0.2) is 30.5 Å². The number of hydrogen-bond acceptors (Lipinski definition) is 5. The molecule has 0 aromatic carbocycles. The Balaban J connectivity index is 3.32. The van der Waals surface area contributed by atoms with Crippen LogP contribution in [-0.2, 0) is 9.84 Å². The zero-order valence-electron chi connectivity index (χ0n) is 10.1. The predicted molar refractivity (Wildman–Crippen MR) is 60.3 cm³/mol. The van der Waals surface area contributed by atoms with E-state index in [1.165, 1.54) is 13.2 Å². The Kier molecular flexibility index (Phi) is 3.23. The van der Waals surface area contributed by atoms with Crippen LogP contribution in [0.4, 0.5) is 0 Å². The maximum Gasteiger partial charge on any atom is 0.236 e. The molecule has 0 aliphatic heterocycles. The van der Waals surface area contributed by atoms with Gasteiger partial charge in [0.25, 0.3) is 0 Å². The van der Waals surface area contributed by atoms with E-state index in [1.807, 2.05) is 0 Å². The standard InChI is InChI=1S/C10H16N2O3S/c1-7-6-8(11-12-9(7)15-5)16(13,14)10(2,3)4/h6H,1-5H3. The Morgan fingerprint density at radius 1 is 1.25 bits per heavy atom. The number of aryl methyl sites for hydroxylation is 1. The summed E-state index contributed by atoms with van der Waals surface area (Å²) in [4.78, 5) is 0. The van der Waals surface area contributed by atoms with Crippen LogP contribution in [0.5, 0.6) is 5.88 Å². The van der Waals surface area contributed by atoms with Crippen LogP contribution >= 0.6 is 0 Å². The molecule has 16 heavy (non-hydrogen) atoms. The highest BCUT2D eigenvalue weighted by Crippen LogP contribution is 2.25. The third-order valence-electron chi connectivity index (χ3n) is 2.19. The van der Waals surface area contributed by atoms with Crippen molar-refractivity contribution in [2.75, 3.05) is 7.11 Å². The van der Waals surface area contributed by atoms with Crippen LogP contribution in [0, 0.1) is 6.92 Å². The summed E-state index contributed by atoms with van der Waals surface area (Å²) in [5.41, 5.74) is 0.653. The summed E-state index contributed by atoms with van der Waals surface area (Å²) >= 11 is 0. The van der Waals surface area contributed by atoms with Gasteiger partial charge in [-0.25, -0.2) is 8.42 Å². The molecule has 0 fully saturated rings. The number of ether oxygens (including phenoxy) is 1. The molecular weight excluding hydrogens is 228 g/mol. The van der Waals surface area contributed by atoms with E-state index >= 15 is 0 Å². The van der Waals surface area contributed by atoms with Gasteiger partial charge in [0, 0.05) is 5.56 Å². The lowest BCUT2D eigenvalue weighted by atomic mass is 10.3. The first kappa shape index (κ1) is 12.9. The topological polar surface area (TPSA) is 69.2 Å². The van der Waals surface area contributed by atoms with Gasteiger partial charge in [-0.1, -0.05) is 0 Å². The van der Waals surface area contributed by atoms with Gasteiger partial charge in [-0.3, -0.25) is 0 Å². The van der Waals surface area contributed by atoms with Crippen molar-refractivity contribution in [3.63, 3.8) is 0 Å². The SMILES string of the molecule is COc1nnc(S(=O)(=O)C(C)(C)C)cc1C. The molecule has 6 heteroatoms. The molecule has 1 aromatic rings. The molecule has 0 aliphatic rings. The van der Waals surface area contributed by atoms with E-state index in [1.54, 1.807) is 27.7 Å². The summed E-state index contributed by atoms with van der Waals surface area (Å²) in [5, 5.41) is 7.40. The van der Waals surface area contributed by atoms with Crippen molar-refractivity contribution in [2.24, 2.45) is 0 Å². The van der Waals surface area contributed by atoms with Crippen molar-refractivity contribution in [1.82, 2.24) is 10.2 Å². The molecule has 0 unspecified atom stereocenters. The lowest BCUT2D eigenvalue weighted by Crippen LogP contribution is -2.29. The van der Waals surface area contributed by atoms with Crippen molar-refractivity contribution in [2.45, 2.75) is 37.5 Å². The van der Waals surface area contributed by atoms with Crippen molar-refractivity contribution < 1.29 is 13.2 Å². The van der Waals surface area contributed by atoms with Gasteiger partial charge in [0.15, 0.2) is 5.03 Å². The first-order valence-electron chi connectivity index (χ1n) is 4.83. The molecule has 0 saturated heterocycles. The highest BCUT2D eigenvalue weighted by atomic mass is 32.2. The van der Waals surface area contributed by atoms with Crippen LogP contribution < -0.4 is 4.74 Å². The fourth-order valence-corrected chi connectivity index (χ4v) is 2.20. The van der Waals surface area contributed by atoms with E-state index in [-0.39, 0.29) is 5.03 Å². The van der Waals surface area contributed by atoms with E-state index in [0.29, 0.717) is 11.4 Å². The number of nitrogens with zero attached hydrogens (tertiary/aromatic N) is 2. The van der Waals surface area contributed by atoms with E-state index in [0.717, 1.165) is 0 Å². The summed E-state index contributed by atoms with van der Waals surface area (Å²) in [7, 11) is -1.99. The van der Waals surface area contributed by atoms with Crippen LogP contribution in [0.1, 0.15) is 26.3 Å². The fourth-order valence-electron chi connectivity index (χ4n) is 1.10. The Labute approximate surface area is 95.8 Å². The Morgan fingerprint density at radius 2 is 1.81 bits per heavy atom. The van der Waals surface area contributed by atoms with E-state index < -0.39 is 14.6 Å². The highest BCUT2D eigenvalue weighted by molar-refractivity contribution is 7.92. The Morgan fingerprint density at radius 3 is 2.19 bits per heavy atom. The smallest absolute Gasteiger partial charge is 0.236 e. The zero-order valence-corrected chi connectivity index (χ0v) is 10.9. The lowest BCUT2D eigenvalue weighted by Gasteiger charge is -2.18. The largest absolute Gasteiger partial charge is 0.480 e. The van der Waals surface area contributed by atoms with E-state index in [9.17, 15) is 8.42 Å². The number of sulfone groups is 1. The lowest BCUT2D eigenvalue weighted by molar-refractivity contribution is 0.386. The van der Waals surface area contributed by atoms with Crippen LogP contribution in [0.25, 0.3) is 0 Å². The molecule has 0 amide bonds. The van der Waals surface area contributed by atoms with Crippen LogP contribution in [0.3, 0.4) is 0 Å². The van der Waals surface area contributed by atoms with Crippen LogP contribution in [0.2, 0.25) is 0 Å². The van der Waals surface area contributed by atoms with Crippen molar-refractivity contribution in [3.05, 3.63) is 11.6 Å². The molecule has 0 aliphatic carbocycles. The molecular formula is C10H16N2O3S. The maximum absolute atomic E-state index is 12.1. The molecule has 0 saturated carbocycles. The summed E-state index contributed by atoms with van der Waals surface area (Å²) < 4.78 is 28.2. The molecule has 0 N–H and O–H groups in total. The van der Waals surface area contributed by atoms with Crippen LogP contribution in [0.15, 0.2) is 11.1 Å². The van der Waals surface area contributed by atoms with Gasteiger partial charge in [0.05, 0.1) is 11.9 Å². The maximum atomic E-state index is 12.1. The molecule has 1 rings (SSSR count). The zero-order chi connectivity index (χ0) is 12.6. The van der Waals surface area contributed by atoms with Gasteiger partial charge in [0.2, 0.25) is 15.7 Å². The molecule has 0 bridgehead atoms. The summed E-state index contributed by atoms with van der Waals surface area (Å²) in [6.45, 7) is 6.62. The summed E-state index contributed by atoms with van der Waals surface area (Å²) in [6, 6.07) is 1.48. The van der Waals surface area contributed by atoms with Gasteiger partial charge in [-0.05, 0) is 33.8 Å². The molecule has 0 radical (unpaired) electrons. The number of hydrogen-bond donors (Lipinski definition) is 0. The number of rotatable bonds is 2. The normalized spacial score (nSPS) is 12.6. The van der Waals surface area contributed by atoms with Gasteiger partial charge < -0.3 is 4.74 Å². The average molecular weight is 244 g/mol. The quantitative estimate of drug-likeness (QED) is 0.785. The monoisotopic (exact) mass is 244 g/mol. The van der Waals surface area contributed by atoms with E-state index in [4.69, 9.17) is 4.74 Å². The second-order valence-corrected chi connectivity index (χ2v) is 7.14. The fraction of sp³-hybridized carbons (Fsp3) is 0.600. The van der Waals surface area contributed by atoms with Gasteiger partial charge >= 0.3 is 0 Å². The van der Waals surface area contributed by atoms with Crippen molar-refractivity contribution >= 4 is 9.84 Å². The van der Waals surface area contributed by atoms with Crippen molar-refractivity contribution in [1.29, 1.82) is 0 Å². The third-order valence-corrected chi connectivity index (χ3v) is 4.55. The minimum absolute atomic E-state index is 0.0155. The number of methoxy groups -OCH3 is 1. The summed E-state index contributed by atoms with van der Waals surface area (Å²) in [5.74, 6) is 0.341. The molecule has 90 valence electrons. The average Bonchev–Trinajstić information content (AvgIpc) is 2.15. The van der Waals surface area contributed by atoms with E-state index in [2.05, 4.69) is 10.2 Å². The van der Waals surface area contributed by atoms with Gasteiger partial charge in [0.1, 0.15) is 0 Å². The highest BCUT2D eigenvalue weighted by Gasteiger charge is 2.32. The van der Waals surface area contributed by atoms with Gasteiger partial charge in [-0.2, -0.15) is 0 Å². The molecule has 0 spiro atoms. The molecule has 1 heterocycles. The molecule has 5 nitrogen and oxygen atoms in total. The first-order chi connectivity index (χ1) is 7.20. The Bertz CT molecular complexity index is 489. The summed E-state index contributed by atoms with van der Waals surface area (Å²) in [6.07, 6.45) is 0. The van der Waals surface area contributed by atoms with Crippen molar-refractivity contribution in [3.8, 4) is 5.88 Å². The second kappa shape index (κ2) is 4.01. The minimum Gasteiger partial charge on any atom is -0.480 e. The molecule has 0 atom stereocenters. The predicted octanol–water partition coefficient (Wildman–Crippen LogP) is 1.37. The molecule has 1 aromatic heterocycles. The van der Waals surface area contributed by atoms with Gasteiger partial charge in [-0.15, -0.1) is 10.2 Å². The minimum atomic E-state index is -3.45. The Hall–Kier alpha value is -1.17. The number of aromatic nitrogens is 2. The second-order valence-electron chi connectivity index (χ2n) is 4.49. The first-order valence-corrected chi connectivity index (χ1v) is 6.31. The third kappa shape index (κ3) is 2.16.